The molecule has 2 aromatic rings. The molecule has 1 saturated heterocycles. The first-order valence-corrected chi connectivity index (χ1v) is 10.2. The zero-order chi connectivity index (χ0) is 21.3. The quantitative estimate of drug-likeness (QED) is 0.342. The van der Waals surface area contributed by atoms with E-state index in [-0.39, 0.29) is 18.1 Å². The van der Waals surface area contributed by atoms with Crippen molar-refractivity contribution in [3.05, 3.63) is 65.1 Å². The molecule has 0 saturated carbocycles. The molecule has 7 nitrogen and oxygen atoms in total. The van der Waals surface area contributed by atoms with Crippen LogP contribution in [0.5, 0.6) is 11.5 Å². The molecule has 0 unspecified atom stereocenters. The Morgan fingerprint density at radius 2 is 1.60 bits per heavy atom. The molecule has 8 heteroatoms. The molecular weight excluding hydrogens is 406 g/mol. The van der Waals surface area contributed by atoms with Crippen LogP contribution in [-0.2, 0) is 14.3 Å². The number of thioether (sulfide) groups is 1. The SMILES string of the molecule is CCOC(=O)CN1C(=O)SC(=Cc2ccc(OCCOc3ccccc3)cc2)C1=O. The number of carbonyl (C=O) groups excluding carboxylic acids is 3. The summed E-state index contributed by atoms with van der Waals surface area (Å²) in [7, 11) is 0. The number of ether oxygens (including phenoxy) is 3. The summed E-state index contributed by atoms with van der Waals surface area (Å²) in [5.74, 6) is 0.336. The maximum absolute atomic E-state index is 12.4. The van der Waals surface area contributed by atoms with Gasteiger partial charge >= 0.3 is 5.97 Å². The lowest BCUT2D eigenvalue weighted by Gasteiger charge is -2.10. The van der Waals surface area contributed by atoms with E-state index in [1.807, 2.05) is 30.3 Å². The van der Waals surface area contributed by atoms with Gasteiger partial charge in [-0.3, -0.25) is 19.3 Å². The Hall–Kier alpha value is -3.26. The summed E-state index contributed by atoms with van der Waals surface area (Å²) in [6.45, 7) is 2.28. The van der Waals surface area contributed by atoms with E-state index in [0.717, 1.165) is 28.0 Å². The minimum absolute atomic E-state index is 0.192. The van der Waals surface area contributed by atoms with E-state index in [1.165, 1.54) is 0 Å². The van der Waals surface area contributed by atoms with E-state index in [0.29, 0.717) is 19.0 Å². The average molecular weight is 427 g/mol. The van der Waals surface area contributed by atoms with Gasteiger partial charge in [0.2, 0.25) is 0 Å². The van der Waals surface area contributed by atoms with Crippen molar-refractivity contribution in [1.29, 1.82) is 0 Å². The highest BCUT2D eigenvalue weighted by molar-refractivity contribution is 8.18. The Balaban J connectivity index is 1.52. The number of hydrogen-bond donors (Lipinski definition) is 0. The van der Waals surface area contributed by atoms with Crippen LogP contribution in [0.1, 0.15) is 12.5 Å². The fourth-order valence-corrected chi connectivity index (χ4v) is 3.46. The maximum atomic E-state index is 12.4. The van der Waals surface area contributed by atoms with Gasteiger partial charge in [-0.15, -0.1) is 0 Å². The number of amides is 2. The minimum Gasteiger partial charge on any atom is -0.490 e. The Kier molecular flexibility index (Phi) is 7.51. The second kappa shape index (κ2) is 10.5. The second-order valence-corrected chi connectivity index (χ2v) is 7.15. The number of benzene rings is 2. The van der Waals surface area contributed by atoms with Crippen molar-refractivity contribution in [2.24, 2.45) is 0 Å². The molecule has 156 valence electrons. The van der Waals surface area contributed by atoms with Gasteiger partial charge in [0.05, 0.1) is 11.5 Å². The average Bonchev–Trinajstić information content (AvgIpc) is 3.00. The molecular formula is C22H21NO6S. The van der Waals surface area contributed by atoms with E-state index in [9.17, 15) is 14.4 Å². The molecule has 0 atom stereocenters. The summed E-state index contributed by atoms with van der Waals surface area (Å²) in [5.41, 5.74) is 0.740. The summed E-state index contributed by atoms with van der Waals surface area (Å²) in [6, 6.07) is 16.6. The summed E-state index contributed by atoms with van der Waals surface area (Å²) < 4.78 is 16.0. The highest BCUT2D eigenvalue weighted by Crippen LogP contribution is 2.32. The molecule has 0 bridgehead atoms. The fourth-order valence-electron chi connectivity index (χ4n) is 2.62. The van der Waals surface area contributed by atoms with Gasteiger partial charge in [0.25, 0.3) is 11.1 Å². The van der Waals surface area contributed by atoms with Crippen LogP contribution >= 0.6 is 11.8 Å². The topological polar surface area (TPSA) is 82.1 Å². The van der Waals surface area contributed by atoms with Crippen LogP contribution in [-0.4, -0.2) is 48.4 Å². The number of imide groups is 1. The first-order chi connectivity index (χ1) is 14.6. The lowest BCUT2D eigenvalue weighted by molar-refractivity contribution is -0.145. The largest absolute Gasteiger partial charge is 0.490 e. The van der Waals surface area contributed by atoms with Gasteiger partial charge < -0.3 is 14.2 Å². The van der Waals surface area contributed by atoms with Crippen LogP contribution in [0.2, 0.25) is 0 Å². The van der Waals surface area contributed by atoms with Gasteiger partial charge in [0.1, 0.15) is 31.3 Å². The Labute approximate surface area is 178 Å². The molecule has 1 fully saturated rings. The zero-order valence-corrected chi connectivity index (χ0v) is 17.2. The highest BCUT2D eigenvalue weighted by atomic mass is 32.2. The van der Waals surface area contributed by atoms with Crippen LogP contribution in [0.3, 0.4) is 0 Å². The van der Waals surface area contributed by atoms with Crippen LogP contribution in [0.15, 0.2) is 59.5 Å². The molecule has 1 aliphatic rings. The van der Waals surface area contributed by atoms with Crippen molar-refractivity contribution in [1.82, 2.24) is 4.90 Å². The first-order valence-electron chi connectivity index (χ1n) is 9.38. The molecule has 1 heterocycles. The molecule has 1 aliphatic heterocycles. The molecule has 2 amide bonds. The molecule has 0 aromatic heterocycles. The number of carbonyl (C=O) groups is 3. The standard InChI is InChI=1S/C22H21NO6S/c1-2-27-20(24)15-23-21(25)19(30-22(23)26)14-16-8-10-18(11-9-16)29-13-12-28-17-6-4-3-5-7-17/h3-11,14H,2,12-13,15H2,1H3. The van der Waals surface area contributed by atoms with Crippen molar-refractivity contribution in [2.75, 3.05) is 26.4 Å². The van der Waals surface area contributed by atoms with Crippen molar-refractivity contribution in [2.45, 2.75) is 6.92 Å². The van der Waals surface area contributed by atoms with Crippen LogP contribution in [0.4, 0.5) is 4.79 Å². The van der Waals surface area contributed by atoms with Gasteiger partial charge in [0.15, 0.2) is 0 Å². The summed E-state index contributed by atoms with van der Waals surface area (Å²) >= 11 is 0.799. The highest BCUT2D eigenvalue weighted by Gasteiger charge is 2.36. The third-order valence-electron chi connectivity index (χ3n) is 4.01. The van der Waals surface area contributed by atoms with Crippen LogP contribution in [0, 0.1) is 0 Å². The molecule has 30 heavy (non-hydrogen) atoms. The molecule has 0 spiro atoms. The number of nitrogens with zero attached hydrogens (tertiary/aromatic N) is 1. The summed E-state index contributed by atoms with van der Waals surface area (Å²) in [6.07, 6.45) is 1.61. The molecule has 2 aromatic carbocycles. The smallest absolute Gasteiger partial charge is 0.326 e. The molecule has 0 radical (unpaired) electrons. The molecule has 0 N–H and O–H groups in total. The van der Waals surface area contributed by atoms with E-state index in [1.54, 1.807) is 37.3 Å². The number of para-hydroxylation sites is 1. The number of hydrogen-bond acceptors (Lipinski definition) is 7. The van der Waals surface area contributed by atoms with Gasteiger partial charge in [-0.1, -0.05) is 30.3 Å². The van der Waals surface area contributed by atoms with Crippen molar-refractivity contribution in [3.63, 3.8) is 0 Å². The number of esters is 1. The predicted octanol–water partition coefficient (Wildman–Crippen LogP) is 3.74. The normalized spacial score (nSPS) is 14.8. The lowest BCUT2D eigenvalue weighted by Crippen LogP contribution is -2.34. The monoisotopic (exact) mass is 427 g/mol. The van der Waals surface area contributed by atoms with E-state index in [2.05, 4.69) is 0 Å². The summed E-state index contributed by atoms with van der Waals surface area (Å²) in [5, 5.41) is -0.488. The van der Waals surface area contributed by atoms with E-state index in [4.69, 9.17) is 14.2 Å². The zero-order valence-electron chi connectivity index (χ0n) is 16.4. The first kappa shape index (κ1) is 21.4. The van der Waals surface area contributed by atoms with Crippen molar-refractivity contribution < 1.29 is 28.6 Å². The second-order valence-electron chi connectivity index (χ2n) is 6.15. The van der Waals surface area contributed by atoms with E-state index >= 15 is 0 Å². The minimum atomic E-state index is -0.612. The lowest BCUT2D eigenvalue weighted by atomic mass is 10.2. The van der Waals surface area contributed by atoms with Crippen LogP contribution < -0.4 is 9.47 Å². The third kappa shape index (κ3) is 5.87. The Morgan fingerprint density at radius 3 is 2.23 bits per heavy atom. The number of rotatable bonds is 9. The van der Waals surface area contributed by atoms with E-state index < -0.39 is 17.1 Å². The van der Waals surface area contributed by atoms with Crippen molar-refractivity contribution >= 4 is 35.0 Å². The van der Waals surface area contributed by atoms with Crippen molar-refractivity contribution in [3.8, 4) is 11.5 Å². The Bertz CT molecular complexity index is 926. The third-order valence-corrected chi connectivity index (χ3v) is 4.92. The van der Waals surface area contributed by atoms with Gasteiger partial charge in [-0.05, 0) is 54.6 Å². The summed E-state index contributed by atoms with van der Waals surface area (Å²) in [4.78, 5) is 37.1. The predicted molar refractivity (Wildman–Crippen MR) is 113 cm³/mol. The fraction of sp³-hybridized carbons (Fsp3) is 0.227. The van der Waals surface area contributed by atoms with Gasteiger partial charge in [-0.2, -0.15) is 0 Å². The van der Waals surface area contributed by atoms with Crippen LogP contribution in [0.25, 0.3) is 6.08 Å². The maximum Gasteiger partial charge on any atom is 0.326 e. The molecule has 0 aliphatic carbocycles. The Morgan fingerprint density at radius 1 is 0.967 bits per heavy atom. The molecule has 3 rings (SSSR count). The van der Waals surface area contributed by atoms with Gasteiger partial charge in [-0.25, -0.2) is 0 Å². The van der Waals surface area contributed by atoms with Gasteiger partial charge in [0, 0.05) is 0 Å².